The van der Waals surface area contributed by atoms with E-state index in [1.165, 1.54) is 11.9 Å². The number of benzene rings is 2. The summed E-state index contributed by atoms with van der Waals surface area (Å²) in [6.07, 6.45) is 0. The summed E-state index contributed by atoms with van der Waals surface area (Å²) in [6.45, 7) is 2.92. The van der Waals surface area contributed by atoms with Gasteiger partial charge in [0, 0.05) is 29.1 Å². The lowest BCUT2D eigenvalue weighted by atomic mass is 10.1. The van der Waals surface area contributed by atoms with Crippen molar-refractivity contribution in [3.63, 3.8) is 0 Å². The zero-order valence-corrected chi connectivity index (χ0v) is 16.6. The van der Waals surface area contributed by atoms with Crippen LogP contribution in [-0.2, 0) is 9.53 Å². The average molecular weight is 406 g/mol. The molecule has 5 nitrogen and oxygen atoms in total. The molecule has 2 aromatic carbocycles. The third-order valence-corrected chi connectivity index (χ3v) is 4.51. The van der Waals surface area contributed by atoms with Gasteiger partial charge in [-0.25, -0.2) is 4.79 Å². The predicted molar refractivity (Wildman–Crippen MR) is 107 cm³/mol. The Kier molecular flexibility index (Phi) is 8.49. The summed E-state index contributed by atoms with van der Waals surface area (Å²) in [4.78, 5) is 11.8. The first-order valence-electron chi connectivity index (χ1n) is 8.15. The molecule has 0 fully saturated rings. The largest absolute Gasteiger partial charge is 0.481 e. The molecule has 0 aliphatic heterocycles. The predicted octanol–water partition coefficient (Wildman–Crippen LogP) is 3.75. The van der Waals surface area contributed by atoms with E-state index in [2.05, 4.69) is 16.6 Å². The molecule has 0 saturated carbocycles. The zero-order chi connectivity index (χ0) is 19.6. The van der Waals surface area contributed by atoms with Gasteiger partial charge in [0.25, 0.3) is 0 Å². The Morgan fingerprint density at radius 2 is 2.00 bits per heavy atom. The molecule has 0 aliphatic rings. The Labute approximate surface area is 168 Å². The fraction of sp³-hybridized carbons (Fsp3) is 0.250. The maximum atomic E-state index is 10.7. The van der Waals surface area contributed by atoms with E-state index < -0.39 is 12.6 Å². The molecule has 0 spiro atoms. The summed E-state index contributed by atoms with van der Waals surface area (Å²) in [5, 5.41) is 9.30. The van der Waals surface area contributed by atoms with Crippen molar-refractivity contribution in [2.75, 3.05) is 26.9 Å². The number of carboxylic acid groups (broad SMARTS) is 1. The van der Waals surface area contributed by atoms with E-state index in [4.69, 9.17) is 26.2 Å². The monoisotopic (exact) mass is 405 g/mol. The van der Waals surface area contributed by atoms with Gasteiger partial charge in [0.2, 0.25) is 0 Å². The van der Waals surface area contributed by atoms with Crippen LogP contribution in [0.15, 0.2) is 41.3 Å². The molecule has 2 rings (SSSR count). The molecular formula is C20H20ClNO4S. The Balaban J connectivity index is 2.21. The number of carbonyl (C=O) groups is 1. The van der Waals surface area contributed by atoms with E-state index in [1.807, 2.05) is 25.1 Å². The van der Waals surface area contributed by atoms with E-state index in [9.17, 15) is 4.79 Å². The highest BCUT2D eigenvalue weighted by atomic mass is 35.5. The minimum absolute atomic E-state index is 0.388. The molecule has 0 heterocycles. The average Bonchev–Trinajstić information content (AvgIpc) is 2.64. The highest BCUT2D eigenvalue weighted by Gasteiger charge is 2.06. The van der Waals surface area contributed by atoms with Gasteiger partial charge in [0.15, 0.2) is 6.61 Å². The fourth-order valence-corrected chi connectivity index (χ4v) is 2.91. The first kappa shape index (κ1) is 21.1. The van der Waals surface area contributed by atoms with Crippen molar-refractivity contribution < 1.29 is 19.4 Å². The highest BCUT2D eigenvalue weighted by Crippen LogP contribution is 2.23. The molecule has 0 amide bonds. The number of halogens is 1. The second kappa shape index (κ2) is 10.9. The maximum absolute atomic E-state index is 10.7. The van der Waals surface area contributed by atoms with Crippen LogP contribution in [0.4, 0.5) is 0 Å². The summed E-state index contributed by atoms with van der Waals surface area (Å²) in [6, 6.07) is 10.9. The topological polar surface area (TPSA) is 67.8 Å². The van der Waals surface area contributed by atoms with E-state index in [0.29, 0.717) is 22.9 Å². The van der Waals surface area contributed by atoms with E-state index >= 15 is 0 Å². The molecule has 27 heavy (non-hydrogen) atoms. The van der Waals surface area contributed by atoms with Crippen LogP contribution in [0.5, 0.6) is 5.75 Å². The quantitative estimate of drug-likeness (QED) is 0.396. The van der Waals surface area contributed by atoms with E-state index in [0.717, 1.165) is 22.6 Å². The van der Waals surface area contributed by atoms with Crippen molar-refractivity contribution in [2.24, 2.45) is 0 Å². The SMILES string of the molecule is COCCNSc1ccc(C)c(C#Cc2cc(Cl)ccc2OCC(=O)O)c1. The lowest BCUT2D eigenvalue weighted by molar-refractivity contribution is -0.139. The fourth-order valence-electron chi connectivity index (χ4n) is 2.08. The van der Waals surface area contributed by atoms with Gasteiger partial charge in [0.05, 0.1) is 12.2 Å². The number of rotatable bonds is 8. The molecule has 0 saturated heterocycles. The van der Waals surface area contributed by atoms with E-state index in [1.54, 1.807) is 25.3 Å². The molecular weight excluding hydrogens is 386 g/mol. The Hall–Kier alpha value is -2.17. The van der Waals surface area contributed by atoms with E-state index in [-0.39, 0.29) is 0 Å². The van der Waals surface area contributed by atoms with Gasteiger partial charge in [-0.2, -0.15) is 0 Å². The molecule has 2 N–H and O–H groups in total. The Morgan fingerprint density at radius 3 is 2.74 bits per heavy atom. The number of hydrogen-bond donors (Lipinski definition) is 2. The van der Waals surface area contributed by atoms with Gasteiger partial charge >= 0.3 is 5.97 Å². The number of methoxy groups -OCH3 is 1. The molecule has 0 radical (unpaired) electrons. The maximum Gasteiger partial charge on any atom is 0.341 e. The summed E-state index contributed by atoms with van der Waals surface area (Å²) in [7, 11) is 1.66. The van der Waals surface area contributed by atoms with Gasteiger partial charge in [-0.05, 0) is 54.8 Å². The highest BCUT2D eigenvalue weighted by molar-refractivity contribution is 7.97. The molecule has 0 aliphatic carbocycles. The van der Waals surface area contributed by atoms with Crippen LogP contribution >= 0.6 is 23.5 Å². The molecule has 142 valence electrons. The minimum Gasteiger partial charge on any atom is -0.481 e. The summed E-state index contributed by atoms with van der Waals surface area (Å²) in [5.74, 6) is 5.50. The van der Waals surface area contributed by atoms with Crippen molar-refractivity contribution in [3.05, 3.63) is 58.1 Å². The van der Waals surface area contributed by atoms with Crippen LogP contribution < -0.4 is 9.46 Å². The Morgan fingerprint density at radius 1 is 1.22 bits per heavy atom. The summed E-state index contributed by atoms with van der Waals surface area (Å²) < 4.78 is 13.5. The van der Waals surface area contributed by atoms with Crippen molar-refractivity contribution in [2.45, 2.75) is 11.8 Å². The second-order valence-electron chi connectivity index (χ2n) is 5.54. The van der Waals surface area contributed by atoms with Crippen LogP contribution in [0.1, 0.15) is 16.7 Å². The van der Waals surface area contributed by atoms with Gasteiger partial charge in [-0.15, -0.1) is 0 Å². The van der Waals surface area contributed by atoms with Gasteiger partial charge in [-0.3, -0.25) is 4.72 Å². The zero-order valence-electron chi connectivity index (χ0n) is 15.0. The standard InChI is InChI=1S/C20H20ClNO4S/c1-14-3-7-18(27-22-9-10-25-2)12-15(14)4-5-16-11-17(21)6-8-19(16)26-13-20(23)24/h3,6-8,11-12,22H,9-10,13H2,1-2H3,(H,23,24). The first-order chi connectivity index (χ1) is 13.0. The van der Waals surface area contributed by atoms with Crippen molar-refractivity contribution >= 4 is 29.5 Å². The van der Waals surface area contributed by atoms with Crippen LogP contribution in [-0.4, -0.2) is 37.9 Å². The van der Waals surface area contributed by atoms with Crippen LogP contribution in [0, 0.1) is 18.8 Å². The smallest absolute Gasteiger partial charge is 0.341 e. The lowest BCUT2D eigenvalue weighted by Crippen LogP contribution is -2.10. The third-order valence-electron chi connectivity index (χ3n) is 3.43. The van der Waals surface area contributed by atoms with Crippen molar-refractivity contribution in [1.82, 2.24) is 4.72 Å². The molecule has 0 atom stereocenters. The van der Waals surface area contributed by atoms with Crippen molar-refractivity contribution in [1.29, 1.82) is 0 Å². The normalized spacial score (nSPS) is 10.2. The molecule has 0 aromatic heterocycles. The molecule has 2 aromatic rings. The van der Waals surface area contributed by atoms with Gasteiger partial charge in [-0.1, -0.05) is 29.5 Å². The Bertz CT molecular complexity index is 861. The number of hydrogen-bond acceptors (Lipinski definition) is 5. The van der Waals surface area contributed by atoms with Crippen LogP contribution in [0.25, 0.3) is 0 Å². The van der Waals surface area contributed by atoms with Gasteiger partial charge in [0.1, 0.15) is 5.75 Å². The van der Waals surface area contributed by atoms with Crippen molar-refractivity contribution in [3.8, 4) is 17.6 Å². The van der Waals surface area contributed by atoms with Crippen LogP contribution in [0.3, 0.4) is 0 Å². The summed E-state index contributed by atoms with van der Waals surface area (Å²) >= 11 is 7.55. The summed E-state index contributed by atoms with van der Waals surface area (Å²) in [5.41, 5.74) is 2.45. The number of aliphatic carboxylic acids is 1. The lowest BCUT2D eigenvalue weighted by Gasteiger charge is -2.07. The molecule has 7 heteroatoms. The number of carboxylic acids is 1. The number of ether oxygens (including phenoxy) is 2. The minimum atomic E-state index is -1.05. The molecule has 0 bridgehead atoms. The number of aryl methyl sites for hydroxylation is 1. The van der Waals surface area contributed by atoms with Gasteiger partial charge < -0.3 is 14.6 Å². The first-order valence-corrected chi connectivity index (χ1v) is 9.34. The second-order valence-corrected chi connectivity index (χ2v) is 6.94. The van der Waals surface area contributed by atoms with Crippen LogP contribution in [0.2, 0.25) is 5.02 Å². The number of nitrogens with one attached hydrogen (secondary N) is 1. The third kappa shape index (κ3) is 7.16. The molecule has 0 unspecified atom stereocenters.